The SMILES string of the molecule is CC(C)(C)C(=O)Nc1c(-c2ccc(C(F)(F)F)cc2)n[nH]c1C1CC1. The minimum Gasteiger partial charge on any atom is -0.322 e. The third-order valence-electron chi connectivity index (χ3n) is 4.19. The van der Waals surface area contributed by atoms with Gasteiger partial charge >= 0.3 is 6.18 Å². The van der Waals surface area contributed by atoms with E-state index in [4.69, 9.17) is 0 Å². The van der Waals surface area contributed by atoms with Crippen LogP contribution in [0.1, 0.15) is 50.8 Å². The van der Waals surface area contributed by atoms with Gasteiger partial charge in [0.05, 0.1) is 16.9 Å². The number of rotatable bonds is 3. The van der Waals surface area contributed by atoms with Gasteiger partial charge in [0.2, 0.25) is 5.91 Å². The van der Waals surface area contributed by atoms with Crippen LogP contribution in [0.5, 0.6) is 0 Å². The second-order valence-electron chi connectivity index (χ2n) is 7.41. The summed E-state index contributed by atoms with van der Waals surface area (Å²) in [6.45, 7) is 5.41. The summed E-state index contributed by atoms with van der Waals surface area (Å²) in [6.07, 6.45) is -2.37. The monoisotopic (exact) mass is 351 g/mol. The third-order valence-corrected chi connectivity index (χ3v) is 4.19. The molecule has 1 heterocycles. The van der Waals surface area contributed by atoms with Gasteiger partial charge in [-0.25, -0.2) is 0 Å². The van der Waals surface area contributed by atoms with E-state index < -0.39 is 17.2 Å². The van der Waals surface area contributed by atoms with Gasteiger partial charge in [0.15, 0.2) is 0 Å². The maximum atomic E-state index is 12.7. The van der Waals surface area contributed by atoms with Crippen molar-refractivity contribution in [1.82, 2.24) is 10.2 Å². The average Bonchev–Trinajstić information content (AvgIpc) is 3.27. The van der Waals surface area contributed by atoms with Crippen LogP contribution in [-0.4, -0.2) is 16.1 Å². The molecule has 0 aliphatic heterocycles. The van der Waals surface area contributed by atoms with Crippen LogP contribution in [-0.2, 0) is 11.0 Å². The molecule has 1 aromatic heterocycles. The highest BCUT2D eigenvalue weighted by Crippen LogP contribution is 2.45. The zero-order valence-corrected chi connectivity index (χ0v) is 14.3. The van der Waals surface area contributed by atoms with Crippen LogP contribution in [0.15, 0.2) is 24.3 Å². The molecule has 0 bridgehead atoms. The number of H-pyrrole nitrogens is 1. The van der Waals surface area contributed by atoms with Crippen molar-refractivity contribution in [2.45, 2.75) is 45.7 Å². The molecule has 2 aromatic rings. The molecule has 2 N–H and O–H groups in total. The Morgan fingerprint density at radius 1 is 1.16 bits per heavy atom. The molecule has 0 saturated heterocycles. The van der Waals surface area contributed by atoms with Crippen molar-refractivity contribution in [1.29, 1.82) is 0 Å². The minimum absolute atomic E-state index is 0.163. The first-order chi connectivity index (χ1) is 11.6. The lowest BCUT2D eigenvalue weighted by molar-refractivity contribution is -0.137. The van der Waals surface area contributed by atoms with Crippen molar-refractivity contribution in [3.63, 3.8) is 0 Å². The van der Waals surface area contributed by atoms with Crippen LogP contribution in [0.3, 0.4) is 0 Å². The van der Waals surface area contributed by atoms with Crippen molar-refractivity contribution in [3.8, 4) is 11.3 Å². The van der Waals surface area contributed by atoms with Crippen molar-refractivity contribution in [2.75, 3.05) is 5.32 Å². The molecule has 1 aliphatic carbocycles. The van der Waals surface area contributed by atoms with Gasteiger partial charge in [0.25, 0.3) is 0 Å². The van der Waals surface area contributed by atoms with E-state index in [1.165, 1.54) is 12.1 Å². The Hall–Kier alpha value is -2.31. The van der Waals surface area contributed by atoms with Crippen LogP contribution < -0.4 is 5.32 Å². The smallest absolute Gasteiger partial charge is 0.322 e. The summed E-state index contributed by atoms with van der Waals surface area (Å²) >= 11 is 0. The molecule has 1 fully saturated rings. The largest absolute Gasteiger partial charge is 0.416 e. The van der Waals surface area contributed by atoms with Crippen LogP contribution in [0.25, 0.3) is 11.3 Å². The molecule has 25 heavy (non-hydrogen) atoms. The summed E-state index contributed by atoms with van der Waals surface area (Å²) in [6, 6.07) is 4.80. The van der Waals surface area contributed by atoms with Crippen molar-refractivity contribution < 1.29 is 18.0 Å². The predicted molar refractivity (Wildman–Crippen MR) is 89.1 cm³/mol. The lowest BCUT2D eigenvalue weighted by atomic mass is 9.95. The topological polar surface area (TPSA) is 57.8 Å². The van der Waals surface area contributed by atoms with Crippen molar-refractivity contribution >= 4 is 11.6 Å². The Labute approximate surface area is 143 Å². The van der Waals surface area contributed by atoms with E-state index in [0.717, 1.165) is 30.7 Å². The van der Waals surface area contributed by atoms with E-state index in [1.807, 2.05) is 0 Å². The molecule has 1 saturated carbocycles. The fourth-order valence-corrected chi connectivity index (χ4v) is 2.48. The first-order valence-electron chi connectivity index (χ1n) is 8.14. The minimum atomic E-state index is -4.38. The number of hydrogen-bond acceptors (Lipinski definition) is 2. The first kappa shape index (κ1) is 17.5. The fourth-order valence-electron chi connectivity index (χ4n) is 2.48. The lowest BCUT2D eigenvalue weighted by Gasteiger charge is -2.18. The summed E-state index contributed by atoms with van der Waals surface area (Å²) in [5, 5.41) is 10.1. The molecule has 4 nitrogen and oxygen atoms in total. The molecule has 0 radical (unpaired) electrons. The number of anilines is 1. The Morgan fingerprint density at radius 3 is 2.24 bits per heavy atom. The number of benzene rings is 1. The summed E-state index contributed by atoms with van der Waals surface area (Å²) in [7, 11) is 0. The molecular weight excluding hydrogens is 331 g/mol. The molecule has 1 aliphatic rings. The maximum Gasteiger partial charge on any atom is 0.416 e. The van der Waals surface area contributed by atoms with Crippen LogP contribution in [0.2, 0.25) is 0 Å². The third kappa shape index (κ3) is 3.70. The molecule has 3 rings (SSSR count). The zero-order valence-electron chi connectivity index (χ0n) is 14.3. The highest BCUT2D eigenvalue weighted by molar-refractivity contribution is 5.98. The summed E-state index contributed by atoms with van der Waals surface area (Å²) < 4.78 is 38.2. The van der Waals surface area contributed by atoms with E-state index in [0.29, 0.717) is 22.9 Å². The Bertz CT molecular complexity index is 781. The number of amides is 1. The van der Waals surface area contributed by atoms with Crippen molar-refractivity contribution in [3.05, 3.63) is 35.5 Å². The number of alkyl halides is 3. The average molecular weight is 351 g/mol. The van der Waals surface area contributed by atoms with Gasteiger partial charge in [-0.2, -0.15) is 18.3 Å². The number of carbonyl (C=O) groups is 1. The Morgan fingerprint density at radius 2 is 1.76 bits per heavy atom. The summed E-state index contributed by atoms with van der Waals surface area (Å²) in [5.41, 5.74) is 1.10. The molecule has 0 spiro atoms. The molecule has 0 unspecified atom stereocenters. The number of carbonyl (C=O) groups excluding carboxylic acids is 1. The number of nitrogens with zero attached hydrogens (tertiary/aromatic N) is 1. The highest BCUT2D eigenvalue weighted by Gasteiger charge is 2.33. The highest BCUT2D eigenvalue weighted by atomic mass is 19.4. The summed E-state index contributed by atoms with van der Waals surface area (Å²) in [4.78, 5) is 12.4. The van der Waals surface area contributed by atoms with Crippen LogP contribution in [0.4, 0.5) is 18.9 Å². The van der Waals surface area contributed by atoms with Crippen LogP contribution >= 0.6 is 0 Å². The molecule has 0 atom stereocenters. The van der Waals surface area contributed by atoms with Gasteiger partial charge in [-0.1, -0.05) is 32.9 Å². The molecule has 1 aromatic carbocycles. The normalized spacial score (nSPS) is 15.3. The zero-order chi connectivity index (χ0) is 18.4. The van der Waals surface area contributed by atoms with E-state index in [1.54, 1.807) is 20.8 Å². The second kappa shape index (κ2) is 5.89. The second-order valence-corrected chi connectivity index (χ2v) is 7.41. The maximum absolute atomic E-state index is 12.7. The summed E-state index contributed by atoms with van der Waals surface area (Å²) in [5.74, 6) is 0.148. The van der Waals surface area contributed by atoms with Crippen molar-refractivity contribution in [2.24, 2.45) is 5.41 Å². The van der Waals surface area contributed by atoms with E-state index in [9.17, 15) is 18.0 Å². The Kier molecular flexibility index (Phi) is 4.13. The quantitative estimate of drug-likeness (QED) is 0.821. The number of aromatic nitrogens is 2. The fraction of sp³-hybridized carbons (Fsp3) is 0.444. The van der Waals surface area contributed by atoms with E-state index in [-0.39, 0.29) is 5.91 Å². The number of hydrogen-bond donors (Lipinski definition) is 2. The lowest BCUT2D eigenvalue weighted by Crippen LogP contribution is -2.28. The molecule has 7 heteroatoms. The Balaban J connectivity index is 1.97. The van der Waals surface area contributed by atoms with E-state index in [2.05, 4.69) is 15.5 Å². The molecule has 134 valence electrons. The molecule has 1 amide bonds. The van der Waals surface area contributed by atoms with Gasteiger partial charge in [-0.05, 0) is 25.0 Å². The first-order valence-corrected chi connectivity index (χ1v) is 8.14. The predicted octanol–water partition coefficient (Wildman–Crippen LogP) is 4.96. The van der Waals surface area contributed by atoms with Gasteiger partial charge < -0.3 is 5.32 Å². The standard InChI is InChI=1S/C18H20F3N3O/c1-17(2,3)16(25)22-15-13(10-4-5-10)23-24-14(15)11-6-8-12(9-7-11)18(19,20)21/h6-10H,4-5H2,1-3H3,(H,22,25)(H,23,24). The van der Waals surface area contributed by atoms with E-state index >= 15 is 0 Å². The molecular formula is C18H20F3N3O. The number of aromatic amines is 1. The van der Waals surface area contributed by atoms with Gasteiger partial charge in [-0.3, -0.25) is 9.89 Å². The number of nitrogens with one attached hydrogen (secondary N) is 2. The van der Waals surface area contributed by atoms with Gasteiger partial charge in [-0.15, -0.1) is 0 Å². The number of halogens is 3. The van der Waals surface area contributed by atoms with Gasteiger partial charge in [0, 0.05) is 16.9 Å². The van der Waals surface area contributed by atoms with Gasteiger partial charge in [0.1, 0.15) is 5.69 Å². The van der Waals surface area contributed by atoms with Crippen LogP contribution in [0, 0.1) is 5.41 Å².